The van der Waals surface area contributed by atoms with Crippen molar-refractivity contribution in [3.05, 3.63) is 35.5 Å². The van der Waals surface area contributed by atoms with Gasteiger partial charge in [0.15, 0.2) is 0 Å². The van der Waals surface area contributed by atoms with Gasteiger partial charge in [-0.3, -0.25) is 9.78 Å². The van der Waals surface area contributed by atoms with Crippen molar-refractivity contribution < 1.29 is 4.79 Å². The largest absolute Gasteiger partial charge is 0.372 e. The maximum atomic E-state index is 11.7. The first-order valence-electron chi connectivity index (χ1n) is 6.21. The number of pyridine rings is 1. The Hall–Kier alpha value is -1.81. The molecule has 0 bridgehead atoms. The van der Waals surface area contributed by atoms with Crippen LogP contribution in [0.3, 0.4) is 0 Å². The molecule has 2 rings (SSSR count). The van der Waals surface area contributed by atoms with E-state index in [2.05, 4.69) is 15.6 Å². The summed E-state index contributed by atoms with van der Waals surface area (Å²) in [6.07, 6.45) is 1.71. The maximum Gasteiger partial charge on any atom is 0.242 e. The molecule has 0 spiro atoms. The van der Waals surface area contributed by atoms with Gasteiger partial charge >= 0.3 is 0 Å². The lowest BCUT2D eigenvalue weighted by Gasteiger charge is -2.16. The molecule has 0 saturated carbocycles. The van der Waals surface area contributed by atoms with Gasteiger partial charge in [-0.1, -0.05) is 11.6 Å². The fourth-order valence-electron chi connectivity index (χ4n) is 1.88. The molecule has 100 valence electrons. The Kier molecular flexibility index (Phi) is 4.22. The number of likely N-dealkylation sites (N-methyl/N-ethyl adjacent to an activating group) is 1. The van der Waals surface area contributed by atoms with Crippen molar-refractivity contribution in [1.82, 2.24) is 10.3 Å². The Morgan fingerprint density at radius 3 is 2.95 bits per heavy atom. The number of nitrogens with one attached hydrogen (secondary N) is 2. The van der Waals surface area contributed by atoms with Crippen LogP contribution in [0, 0.1) is 0 Å². The third-order valence-electron chi connectivity index (χ3n) is 2.83. The molecular formula is C14H16ClN3O. The highest BCUT2D eigenvalue weighted by Gasteiger charge is 2.13. The number of hydrogen-bond acceptors (Lipinski definition) is 3. The molecule has 1 aromatic carbocycles. The lowest BCUT2D eigenvalue weighted by molar-refractivity contribution is -0.121. The number of anilines is 1. The van der Waals surface area contributed by atoms with E-state index in [0.717, 1.165) is 16.6 Å². The molecule has 2 aromatic rings. The first-order chi connectivity index (χ1) is 9.13. The molecule has 0 aliphatic rings. The van der Waals surface area contributed by atoms with Crippen LogP contribution in [0.25, 0.3) is 10.9 Å². The summed E-state index contributed by atoms with van der Waals surface area (Å²) in [7, 11) is 0. The van der Waals surface area contributed by atoms with Gasteiger partial charge in [0.05, 0.1) is 16.2 Å². The molecule has 1 atom stereocenters. The molecule has 1 aromatic heterocycles. The number of aromatic nitrogens is 1. The first kappa shape index (κ1) is 13.6. The van der Waals surface area contributed by atoms with E-state index in [0.29, 0.717) is 11.6 Å². The van der Waals surface area contributed by atoms with Crippen LogP contribution in [0.1, 0.15) is 13.8 Å². The number of carbonyl (C=O) groups is 1. The van der Waals surface area contributed by atoms with Gasteiger partial charge in [-0.15, -0.1) is 0 Å². The summed E-state index contributed by atoms with van der Waals surface area (Å²) in [4.78, 5) is 16.1. The Labute approximate surface area is 117 Å². The van der Waals surface area contributed by atoms with Crippen molar-refractivity contribution in [3.63, 3.8) is 0 Å². The van der Waals surface area contributed by atoms with E-state index in [1.165, 1.54) is 0 Å². The zero-order valence-corrected chi connectivity index (χ0v) is 11.7. The average Bonchev–Trinajstić information content (AvgIpc) is 2.42. The van der Waals surface area contributed by atoms with Crippen molar-refractivity contribution in [3.8, 4) is 0 Å². The highest BCUT2D eigenvalue weighted by molar-refractivity contribution is 6.35. The summed E-state index contributed by atoms with van der Waals surface area (Å²) in [6.45, 7) is 4.32. The van der Waals surface area contributed by atoms with Gasteiger partial charge in [0, 0.05) is 18.1 Å². The number of halogens is 1. The van der Waals surface area contributed by atoms with Crippen molar-refractivity contribution in [2.75, 3.05) is 11.9 Å². The van der Waals surface area contributed by atoms with Crippen LogP contribution in [0.5, 0.6) is 0 Å². The van der Waals surface area contributed by atoms with Crippen molar-refractivity contribution in [1.29, 1.82) is 0 Å². The Bertz CT molecular complexity index is 600. The van der Waals surface area contributed by atoms with E-state index in [-0.39, 0.29) is 11.9 Å². The minimum atomic E-state index is -0.327. The second-order valence-corrected chi connectivity index (χ2v) is 4.66. The molecule has 0 aliphatic carbocycles. The third-order valence-corrected chi connectivity index (χ3v) is 3.16. The third kappa shape index (κ3) is 2.96. The zero-order valence-electron chi connectivity index (χ0n) is 10.9. The molecule has 0 fully saturated rings. The van der Waals surface area contributed by atoms with Crippen LogP contribution >= 0.6 is 11.6 Å². The molecule has 1 amide bonds. The van der Waals surface area contributed by atoms with Gasteiger partial charge in [0.2, 0.25) is 5.91 Å². The summed E-state index contributed by atoms with van der Waals surface area (Å²) in [5.41, 5.74) is 1.57. The Morgan fingerprint density at radius 1 is 1.42 bits per heavy atom. The van der Waals surface area contributed by atoms with E-state index >= 15 is 0 Å². The highest BCUT2D eigenvalue weighted by Crippen LogP contribution is 2.28. The van der Waals surface area contributed by atoms with Gasteiger partial charge in [0.25, 0.3) is 0 Å². The fourth-order valence-corrected chi connectivity index (χ4v) is 2.10. The minimum Gasteiger partial charge on any atom is -0.372 e. The van der Waals surface area contributed by atoms with E-state index in [9.17, 15) is 4.79 Å². The lowest BCUT2D eigenvalue weighted by atomic mass is 10.1. The Morgan fingerprint density at radius 2 is 2.21 bits per heavy atom. The summed E-state index contributed by atoms with van der Waals surface area (Å²) in [5.74, 6) is -0.0402. The van der Waals surface area contributed by atoms with Crippen molar-refractivity contribution in [2.45, 2.75) is 19.9 Å². The zero-order chi connectivity index (χ0) is 13.8. The van der Waals surface area contributed by atoms with Crippen LogP contribution in [-0.4, -0.2) is 23.5 Å². The molecule has 1 heterocycles. The van der Waals surface area contributed by atoms with Crippen LogP contribution < -0.4 is 10.6 Å². The molecule has 0 radical (unpaired) electrons. The van der Waals surface area contributed by atoms with E-state index in [1.807, 2.05) is 32.0 Å². The number of amides is 1. The summed E-state index contributed by atoms with van der Waals surface area (Å²) >= 11 is 6.13. The molecule has 19 heavy (non-hydrogen) atoms. The average molecular weight is 278 g/mol. The lowest BCUT2D eigenvalue weighted by Crippen LogP contribution is -2.37. The number of benzene rings is 1. The van der Waals surface area contributed by atoms with E-state index in [1.54, 1.807) is 12.3 Å². The quantitative estimate of drug-likeness (QED) is 0.904. The van der Waals surface area contributed by atoms with Crippen LogP contribution in [-0.2, 0) is 4.79 Å². The minimum absolute atomic E-state index is 0.0402. The summed E-state index contributed by atoms with van der Waals surface area (Å²) < 4.78 is 0. The molecule has 0 saturated heterocycles. The maximum absolute atomic E-state index is 11.7. The first-order valence-corrected chi connectivity index (χ1v) is 6.58. The smallest absolute Gasteiger partial charge is 0.242 e. The number of hydrogen-bond donors (Lipinski definition) is 2. The van der Waals surface area contributed by atoms with Gasteiger partial charge < -0.3 is 10.6 Å². The van der Waals surface area contributed by atoms with Gasteiger partial charge in [-0.2, -0.15) is 0 Å². The standard InChI is InChI=1S/C14H16ClN3O/c1-3-16-14(19)9(2)18-12-7-6-11(15)10-5-4-8-17-13(10)12/h4-9,18H,3H2,1-2H3,(H,16,19). The monoisotopic (exact) mass is 277 g/mol. The molecular weight excluding hydrogens is 262 g/mol. The summed E-state index contributed by atoms with van der Waals surface area (Å²) in [5, 5.41) is 7.47. The number of rotatable bonds is 4. The second-order valence-electron chi connectivity index (χ2n) is 4.26. The van der Waals surface area contributed by atoms with Crippen LogP contribution in [0.15, 0.2) is 30.5 Å². The van der Waals surface area contributed by atoms with Crippen molar-refractivity contribution in [2.24, 2.45) is 0 Å². The normalized spacial score (nSPS) is 12.2. The molecule has 2 N–H and O–H groups in total. The SMILES string of the molecule is CCNC(=O)C(C)Nc1ccc(Cl)c2cccnc12. The number of carbonyl (C=O) groups excluding carboxylic acids is 1. The predicted octanol–water partition coefficient (Wildman–Crippen LogP) is 2.82. The molecule has 0 aliphatic heterocycles. The highest BCUT2D eigenvalue weighted by atomic mass is 35.5. The van der Waals surface area contributed by atoms with E-state index < -0.39 is 0 Å². The number of fused-ring (bicyclic) bond motifs is 1. The van der Waals surface area contributed by atoms with Crippen LogP contribution in [0.2, 0.25) is 5.02 Å². The topological polar surface area (TPSA) is 54.0 Å². The Balaban J connectivity index is 2.31. The van der Waals surface area contributed by atoms with Crippen molar-refractivity contribution >= 4 is 34.1 Å². The van der Waals surface area contributed by atoms with Gasteiger partial charge in [0.1, 0.15) is 6.04 Å². The number of nitrogens with zero attached hydrogens (tertiary/aromatic N) is 1. The fraction of sp³-hybridized carbons (Fsp3) is 0.286. The molecule has 5 heteroatoms. The van der Waals surface area contributed by atoms with Gasteiger partial charge in [-0.25, -0.2) is 0 Å². The van der Waals surface area contributed by atoms with Crippen LogP contribution in [0.4, 0.5) is 5.69 Å². The van der Waals surface area contributed by atoms with E-state index in [4.69, 9.17) is 11.6 Å². The molecule has 1 unspecified atom stereocenters. The summed E-state index contributed by atoms with van der Waals surface area (Å²) in [6, 6.07) is 7.06. The predicted molar refractivity (Wildman–Crippen MR) is 78.5 cm³/mol. The van der Waals surface area contributed by atoms with Gasteiger partial charge in [-0.05, 0) is 38.1 Å². The second kappa shape index (κ2) is 5.89. The molecule has 4 nitrogen and oxygen atoms in total.